The van der Waals surface area contributed by atoms with Gasteiger partial charge in [0.15, 0.2) is 0 Å². The molecule has 0 saturated carbocycles. The molecule has 0 aromatic heterocycles. The van der Waals surface area contributed by atoms with Gasteiger partial charge in [0.2, 0.25) is 0 Å². The van der Waals surface area contributed by atoms with Gasteiger partial charge < -0.3 is 4.74 Å². The van der Waals surface area contributed by atoms with Crippen LogP contribution in [0.15, 0.2) is 18.2 Å². The molecule has 1 aromatic carbocycles. The van der Waals surface area contributed by atoms with Crippen LogP contribution in [0.1, 0.15) is 51.2 Å². The lowest BCUT2D eigenvalue weighted by Gasteiger charge is -2.14. The lowest BCUT2D eigenvalue weighted by atomic mass is 9.96. The van der Waals surface area contributed by atoms with Crippen molar-refractivity contribution in [3.05, 3.63) is 29.3 Å². The number of rotatable bonds is 4. The quantitative estimate of drug-likeness (QED) is 0.804. The van der Waals surface area contributed by atoms with Crippen molar-refractivity contribution in [2.75, 3.05) is 6.61 Å². The Morgan fingerprint density at radius 1 is 1.28 bits per heavy atom. The van der Waals surface area contributed by atoms with E-state index in [0.717, 1.165) is 11.3 Å². The third-order valence-electron chi connectivity index (χ3n) is 2.37. The summed E-state index contributed by atoms with van der Waals surface area (Å²) >= 11 is 0. The molecule has 0 saturated heterocycles. The van der Waals surface area contributed by atoms with Crippen LogP contribution in [0.5, 0.6) is 5.75 Å². The van der Waals surface area contributed by atoms with E-state index in [1.807, 2.05) is 27.7 Å². The van der Waals surface area contributed by atoms with Crippen molar-refractivity contribution in [2.45, 2.75) is 40.0 Å². The molecule has 0 fully saturated rings. The van der Waals surface area contributed by atoms with Gasteiger partial charge in [0.25, 0.3) is 0 Å². The monoisotopic (exact) mass is 244 g/mol. The number of hydrogen-bond donors (Lipinski definition) is 0. The first-order valence-corrected chi connectivity index (χ1v) is 6.26. The van der Waals surface area contributed by atoms with Gasteiger partial charge in [0.05, 0.1) is 24.3 Å². The first-order valence-electron chi connectivity index (χ1n) is 6.26. The molecule has 18 heavy (non-hydrogen) atoms. The smallest absolute Gasteiger partial charge is 0.122 e. The van der Waals surface area contributed by atoms with Crippen LogP contribution < -0.4 is 4.74 Å². The average Bonchev–Trinajstić information content (AvgIpc) is 2.42. The Labute approximate surface area is 110 Å². The largest absolute Gasteiger partial charge is 0.494 e. The van der Waals surface area contributed by atoms with Crippen LogP contribution in [0.2, 0.25) is 0 Å². The highest BCUT2D eigenvalue weighted by Crippen LogP contribution is 2.29. The third kappa shape index (κ3) is 4.47. The maximum atomic E-state index is 8.84. The highest BCUT2D eigenvalue weighted by Gasteiger charge is 2.12. The summed E-state index contributed by atoms with van der Waals surface area (Å²) < 4.78 is 5.49. The van der Waals surface area contributed by atoms with E-state index in [1.54, 1.807) is 18.2 Å². The predicted octanol–water partition coefficient (Wildman–Crippen LogP) is 4.00. The van der Waals surface area contributed by atoms with Crippen LogP contribution in [-0.4, -0.2) is 6.61 Å². The fourth-order valence-electron chi connectivity index (χ4n) is 1.54. The standard InChI is InChI=1S/C13H14N2O.C2H6/c1-3-16-13-5-4-11(9-15)8-12(13)10(2)6-7-14;1-2/h4-5,8,10H,3,6H2,1-2H3;1-2H3. The minimum Gasteiger partial charge on any atom is -0.494 e. The van der Waals surface area contributed by atoms with Crippen molar-refractivity contribution in [3.8, 4) is 17.9 Å². The molecule has 1 unspecified atom stereocenters. The van der Waals surface area contributed by atoms with Crippen molar-refractivity contribution in [3.63, 3.8) is 0 Å². The maximum absolute atomic E-state index is 8.84. The highest BCUT2D eigenvalue weighted by atomic mass is 16.5. The van der Waals surface area contributed by atoms with Gasteiger partial charge in [-0.3, -0.25) is 0 Å². The maximum Gasteiger partial charge on any atom is 0.122 e. The molecule has 0 aliphatic heterocycles. The topological polar surface area (TPSA) is 56.8 Å². The van der Waals surface area contributed by atoms with Gasteiger partial charge in [-0.2, -0.15) is 10.5 Å². The molecule has 3 nitrogen and oxygen atoms in total. The fourth-order valence-corrected chi connectivity index (χ4v) is 1.54. The second kappa shape index (κ2) is 9.07. The number of nitriles is 2. The van der Waals surface area contributed by atoms with E-state index in [-0.39, 0.29) is 5.92 Å². The molecule has 3 heteroatoms. The summed E-state index contributed by atoms with van der Waals surface area (Å²) in [5.74, 6) is 0.851. The molecule has 0 radical (unpaired) electrons. The Bertz CT molecular complexity index is 441. The van der Waals surface area contributed by atoms with Crippen LogP contribution >= 0.6 is 0 Å². The van der Waals surface area contributed by atoms with Gasteiger partial charge in [-0.05, 0) is 36.6 Å². The summed E-state index contributed by atoms with van der Waals surface area (Å²) in [5, 5.41) is 17.5. The van der Waals surface area contributed by atoms with Crippen molar-refractivity contribution in [1.82, 2.24) is 0 Å². The zero-order valence-corrected chi connectivity index (χ0v) is 11.5. The van der Waals surface area contributed by atoms with E-state index in [0.29, 0.717) is 18.6 Å². The Morgan fingerprint density at radius 3 is 2.44 bits per heavy atom. The second-order valence-corrected chi connectivity index (χ2v) is 3.56. The molecule has 0 aliphatic carbocycles. The summed E-state index contributed by atoms with van der Waals surface area (Å²) in [6, 6.07) is 9.55. The Morgan fingerprint density at radius 2 is 1.94 bits per heavy atom. The van der Waals surface area contributed by atoms with Crippen molar-refractivity contribution < 1.29 is 4.74 Å². The van der Waals surface area contributed by atoms with E-state index in [4.69, 9.17) is 15.3 Å². The normalized spacial score (nSPS) is 10.3. The third-order valence-corrected chi connectivity index (χ3v) is 2.37. The fraction of sp³-hybridized carbons (Fsp3) is 0.467. The Balaban J connectivity index is 0.00000137. The van der Waals surface area contributed by atoms with Crippen LogP contribution in [-0.2, 0) is 0 Å². The summed E-state index contributed by atoms with van der Waals surface area (Å²) in [7, 11) is 0. The second-order valence-electron chi connectivity index (χ2n) is 3.56. The lowest BCUT2D eigenvalue weighted by Crippen LogP contribution is -2.00. The van der Waals surface area contributed by atoms with Crippen molar-refractivity contribution in [2.24, 2.45) is 0 Å². The Hall–Kier alpha value is -2.00. The molecule has 0 aliphatic rings. The summed E-state index contributed by atoms with van der Waals surface area (Å²) in [5.41, 5.74) is 1.53. The molecular formula is C15H20N2O. The summed E-state index contributed by atoms with van der Waals surface area (Å²) in [6.07, 6.45) is 0.426. The van der Waals surface area contributed by atoms with Crippen molar-refractivity contribution >= 4 is 0 Å². The highest BCUT2D eigenvalue weighted by molar-refractivity contribution is 5.44. The molecular weight excluding hydrogens is 224 g/mol. The number of benzene rings is 1. The molecule has 0 heterocycles. The Kier molecular flexibility index (Phi) is 8.07. The first kappa shape index (κ1) is 16.0. The molecule has 1 rings (SSSR count). The zero-order chi connectivity index (χ0) is 14.0. The number of ether oxygens (including phenoxy) is 1. The zero-order valence-electron chi connectivity index (χ0n) is 11.5. The van der Waals surface area contributed by atoms with Gasteiger partial charge in [0.1, 0.15) is 5.75 Å². The van der Waals surface area contributed by atoms with E-state index >= 15 is 0 Å². The van der Waals surface area contributed by atoms with Crippen LogP contribution in [0.25, 0.3) is 0 Å². The molecule has 0 bridgehead atoms. The molecule has 0 amide bonds. The molecule has 1 atom stereocenters. The van der Waals surface area contributed by atoms with Gasteiger partial charge in [-0.25, -0.2) is 0 Å². The summed E-state index contributed by atoms with van der Waals surface area (Å²) in [4.78, 5) is 0. The van der Waals surface area contributed by atoms with Gasteiger partial charge in [-0.1, -0.05) is 20.8 Å². The minimum atomic E-state index is 0.0832. The van der Waals surface area contributed by atoms with Gasteiger partial charge >= 0.3 is 0 Å². The first-order chi connectivity index (χ1) is 8.72. The van der Waals surface area contributed by atoms with E-state index in [9.17, 15) is 0 Å². The van der Waals surface area contributed by atoms with Crippen LogP contribution in [0, 0.1) is 22.7 Å². The van der Waals surface area contributed by atoms with E-state index in [1.165, 1.54) is 0 Å². The molecule has 1 aromatic rings. The lowest BCUT2D eigenvalue weighted by molar-refractivity contribution is 0.334. The molecule has 0 spiro atoms. The van der Waals surface area contributed by atoms with Crippen LogP contribution in [0.3, 0.4) is 0 Å². The number of hydrogen-bond acceptors (Lipinski definition) is 3. The summed E-state index contributed by atoms with van der Waals surface area (Å²) in [6.45, 7) is 8.46. The van der Waals surface area contributed by atoms with Crippen LogP contribution in [0.4, 0.5) is 0 Å². The molecule has 96 valence electrons. The minimum absolute atomic E-state index is 0.0832. The van der Waals surface area contributed by atoms with Gasteiger partial charge in [0, 0.05) is 6.42 Å². The van der Waals surface area contributed by atoms with E-state index < -0.39 is 0 Å². The average molecular weight is 244 g/mol. The van der Waals surface area contributed by atoms with E-state index in [2.05, 4.69) is 12.1 Å². The number of nitrogens with zero attached hydrogens (tertiary/aromatic N) is 2. The van der Waals surface area contributed by atoms with Gasteiger partial charge in [-0.15, -0.1) is 0 Å². The van der Waals surface area contributed by atoms with Crippen molar-refractivity contribution in [1.29, 1.82) is 10.5 Å². The predicted molar refractivity (Wildman–Crippen MR) is 72.3 cm³/mol. The SMILES string of the molecule is CC.CCOc1ccc(C#N)cc1C(C)CC#N. The molecule has 0 N–H and O–H groups in total.